The van der Waals surface area contributed by atoms with Gasteiger partial charge in [-0.2, -0.15) is 0 Å². The molecule has 0 rings (SSSR count). The Morgan fingerprint density at radius 1 is 0.526 bits per heavy atom. The number of hydrogen-bond donors (Lipinski definition) is 0. The van der Waals surface area contributed by atoms with E-state index in [-0.39, 0.29) is 0 Å². The first-order valence-corrected chi connectivity index (χ1v) is 10.9. The van der Waals surface area contributed by atoms with E-state index in [2.05, 4.69) is 92.3 Å². The van der Waals surface area contributed by atoms with E-state index in [9.17, 15) is 0 Å². The Hall–Kier alpha value is 0.860. The summed E-state index contributed by atoms with van der Waals surface area (Å²) in [5.41, 5.74) is 0. The van der Waals surface area contributed by atoms with Crippen molar-refractivity contribution < 1.29 is 0 Å². The normalized spacial score (nSPS) is 18.1. The summed E-state index contributed by atoms with van der Waals surface area (Å²) in [5.74, 6) is 1.24. The summed E-state index contributed by atoms with van der Waals surface area (Å²) >= 11 is 0. The topological polar surface area (TPSA) is 0 Å². The molecule has 1 unspecified atom stereocenters. The molecule has 0 bridgehead atoms. The van der Waals surface area contributed by atoms with Gasteiger partial charge in [-0.25, -0.2) is 0 Å². The van der Waals surface area contributed by atoms with Gasteiger partial charge in [0.1, 0.15) is 0 Å². The molecular weight excluding hydrogens is 266 g/mol. The summed E-state index contributed by atoms with van der Waals surface area (Å²) in [5, 5.41) is 1.29. The van der Waals surface area contributed by atoms with E-state index < -0.39 is 6.60 Å². The third-order valence-electron chi connectivity index (χ3n) is 6.29. The summed E-state index contributed by atoms with van der Waals surface area (Å²) in [6.07, 6.45) is 0. The molecule has 0 aliphatic heterocycles. The van der Waals surface area contributed by atoms with Crippen molar-refractivity contribution in [3.63, 3.8) is 0 Å². The Morgan fingerprint density at radius 3 is 0.684 bits per heavy atom. The third-order valence-corrected chi connectivity index (χ3v) is 21.1. The molecule has 19 heavy (non-hydrogen) atoms. The SMILES string of the molecule is CC(C)(C)P(CP)(C(C)(C)C)(C(C)(C)C)C(C)(C)C. The first-order valence-electron chi connectivity index (χ1n) is 7.62. The number of rotatable bonds is 1. The van der Waals surface area contributed by atoms with Crippen molar-refractivity contribution >= 4 is 15.8 Å². The van der Waals surface area contributed by atoms with Crippen molar-refractivity contribution in [1.82, 2.24) is 0 Å². The van der Waals surface area contributed by atoms with Crippen LogP contribution in [0.5, 0.6) is 0 Å². The third kappa shape index (κ3) is 1.92. The summed E-state index contributed by atoms with van der Waals surface area (Å²) in [6, 6.07) is 0. The van der Waals surface area contributed by atoms with Crippen molar-refractivity contribution in [1.29, 1.82) is 0 Å². The zero-order chi connectivity index (χ0) is 16.2. The van der Waals surface area contributed by atoms with Crippen LogP contribution in [-0.2, 0) is 0 Å². The molecule has 1 atom stereocenters. The van der Waals surface area contributed by atoms with Gasteiger partial charge in [-0.3, -0.25) is 0 Å². The fraction of sp³-hybridized carbons (Fsp3) is 1.00. The van der Waals surface area contributed by atoms with Crippen molar-refractivity contribution in [2.45, 2.75) is 104 Å². The second kappa shape index (κ2) is 4.68. The Bertz CT molecular complexity index is 259. The fourth-order valence-corrected chi connectivity index (χ4v) is 28.0. The zero-order valence-corrected chi connectivity index (χ0v) is 17.8. The molecule has 0 N–H and O–H groups in total. The molecule has 0 heterocycles. The molecule has 0 nitrogen and oxygen atoms in total. The van der Waals surface area contributed by atoms with Crippen LogP contribution in [0.1, 0.15) is 83.1 Å². The van der Waals surface area contributed by atoms with Crippen LogP contribution in [0.4, 0.5) is 0 Å². The quantitative estimate of drug-likeness (QED) is 0.481. The van der Waals surface area contributed by atoms with Crippen LogP contribution in [0.15, 0.2) is 0 Å². The van der Waals surface area contributed by atoms with Crippen molar-refractivity contribution in [3.05, 3.63) is 0 Å². The molecule has 0 amide bonds. The van der Waals surface area contributed by atoms with Gasteiger partial charge in [-0.15, -0.1) is 0 Å². The van der Waals surface area contributed by atoms with Gasteiger partial charge in [0.25, 0.3) is 0 Å². The zero-order valence-electron chi connectivity index (χ0n) is 15.7. The van der Waals surface area contributed by atoms with Crippen LogP contribution < -0.4 is 0 Å². The van der Waals surface area contributed by atoms with Gasteiger partial charge in [0.05, 0.1) is 0 Å². The predicted octanol–water partition coefficient (Wildman–Crippen LogP) is 6.57. The van der Waals surface area contributed by atoms with E-state index in [0.717, 1.165) is 0 Å². The van der Waals surface area contributed by atoms with Gasteiger partial charge in [0.2, 0.25) is 0 Å². The molecule has 118 valence electrons. The van der Waals surface area contributed by atoms with Crippen molar-refractivity contribution in [2.75, 3.05) is 5.90 Å². The van der Waals surface area contributed by atoms with E-state index in [1.54, 1.807) is 0 Å². The molecule has 0 aromatic heterocycles. The molecule has 0 aromatic rings. The average molecular weight is 306 g/mol. The second-order valence-electron chi connectivity index (χ2n) is 10.2. The summed E-state index contributed by atoms with van der Waals surface area (Å²) in [6.45, 7) is 27.8. The van der Waals surface area contributed by atoms with Gasteiger partial charge in [0, 0.05) is 0 Å². The van der Waals surface area contributed by atoms with E-state index in [1.807, 2.05) is 0 Å². The van der Waals surface area contributed by atoms with Crippen molar-refractivity contribution in [3.8, 4) is 0 Å². The molecule has 0 aliphatic carbocycles. The Labute approximate surface area is 126 Å². The van der Waals surface area contributed by atoms with E-state index in [0.29, 0.717) is 20.6 Å². The van der Waals surface area contributed by atoms with Gasteiger partial charge >= 0.3 is 125 Å². The minimum atomic E-state index is -2.17. The average Bonchev–Trinajstić information content (AvgIpc) is 1.93. The summed E-state index contributed by atoms with van der Waals surface area (Å²) in [4.78, 5) is 0. The minimum absolute atomic E-state index is 0.322. The maximum atomic E-state index is 3.16. The maximum absolute atomic E-state index is 3.16. The summed E-state index contributed by atoms with van der Waals surface area (Å²) < 4.78 is 0. The predicted molar refractivity (Wildman–Crippen MR) is 101 cm³/mol. The molecule has 0 aromatic carbocycles. The molecule has 0 saturated carbocycles. The van der Waals surface area contributed by atoms with Crippen LogP contribution in [0.2, 0.25) is 0 Å². The van der Waals surface area contributed by atoms with Crippen LogP contribution in [0, 0.1) is 0 Å². The van der Waals surface area contributed by atoms with Crippen molar-refractivity contribution in [2.24, 2.45) is 0 Å². The summed E-state index contributed by atoms with van der Waals surface area (Å²) in [7, 11) is 3.16. The fourth-order valence-electron chi connectivity index (χ4n) is 7.13. The van der Waals surface area contributed by atoms with Gasteiger partial charge in [0.15, 0.2) is 0 Å². The molecule has 0 saturated heterocycles. The molecule has 0 spiro atoms. The van der Waals surface area contributed by atoms with E-state index >= 15 is 0 Å². The number of hydrogen-bond acceptors (Lipinski definition) is 0. The van der Waals surface area contributed by atoms with Gasteiger partial charge in [-0.1, -0.05) is 0 Å². The second-order valence-corrected chi connectivity index (χ2v) is 19.6. The standard InChI is InChI=1S/C17H40P2/c1-14(2,3)19(13-18,15(4,5)6,16(7,8)9)17(10,11)12/h13,18H2,1-12H3. The Kier molecular flexibility index (Phi) is 4.89. The van der Waals surface area contributed by atoms with Crippen LogP contribution >= 0.6 is 15.8 Å². The van der Waals surface area contributed by atoms with Gasteiger partial charge in [-0.05, 0) is 0 Å². The molecule has 0 aliphatic rings. The molecular formula is C17H40P2. The molecule has 0 fully saturated rings. The molecule has 0 radical (unpaired) electrons. The first kappa shape index (κ1) is 19.9. The van der Waals surface area contributed by atoms with Crippen LogP contribution in [0.3, 0.4) is 0 Å². The monoisotopic (exact) mass is 306 g/mol. The van der Waals surface area contributed by atoms with E-state index in [1.165, 1.54) is 5.90 Å². The molecule has 2 heteroatoms. The van der Waals surface area contributed by atoms with E-state index in [4.69, 9.17) is 0 Å². The van der Waals surface area contributed by atoms with Crippen LogP contribution in [0.25, 0.3) is 0 Å². The van der Waals surface area contributed by atoms with Crippen LogP contribution in [-0.4, -0.2) is 26.5 Å². The first-order chi connectivity index (χ1) is 7.92. The Balaban J connectivity index is 7.15. The Morgan fingerprint density at radius 2 is 0.684 bits per heavy atom. The van der Waals surface area contributed by atoms with Gasteiger partial charge < -0.3 is 0 Å².